The van der Waals surface area contributed by atoms with Crippen molar-refractivity contribution in [1.82, 2.24) is 4.90 Å². The highest BCUT2D eigenvalue weighted by Crippen LogP contribution is 2.23. The minimum absolute atomic E-state index is 0.0795. The van der Waals surface area contributed by atoms with Gasteiger partial charge in [-0.15, -0.1) is 0 Å². The maximum absolute atomic E-state index is 12.2. The predicted octanol–water partition coefficient (Wildman–Crippen LogP) is 2.61. The van der Waals surface area contributed by atoms with Crippen LogP contribution >= 0.6 is 0 Å². The average molecular weight is 353 g/mol. The number of anilines is 1. The van der Waals surface area contributed by atoms with E-state index in [0.29, 0.717) is 23.2 Å². The summed E-state index contributed by atoms with van der Waals surface area (Å²) in [4.78, 5) is 47.7. The fraction of sp³-hybridized carbons (Fsp3) is 0.167. The van der Waals surface area contributed by atoms with E-state index in [0.717, 1.165) is 4.90 Å². The van der Waals surface area contributed by atoms with Gasteiger partial charge >= 0.3 is 0 Å². The molecule has 132 valence electrons. The first-order valence-corrected chi connectivity index (χ1v) is 7.97. The highest BCUT2D eigenvalue weighted by atomic mass is 16.6. The van der Waals surface area contributed by atoms with Gasteiger partial charge < -0.3 is 5.32 Å². The van der Waals surface area contributed by atoms with E-state index in [2.05, 4.69) is 5.32 Å². The third-order valence-electron chi connectivity index (χ3n) is 4.00. The highest BCUT2D eigenvalue weighted by Gasteiger charge is 2.34. The van der Waals surface area contributed by atoms with Crippen molar-refractivity contribution in [3.05, 3.63) is 69.8 Å². The van der Waals surface area contributed by atoms with Crippen LogP contribution < -0.4 is 5.32 Å². The van der Waals surface area contributed by atoms with E-state index < -0.39 is 4.92 Å². The lowest BCUT2D eigenvalue weighted by Gasteiger charge is -2.13. The fourth-order valence-electron chi connectivity index (χ4n) is 2.76. The Hall–Kier alpha value is -3.55. The van der Waals surface area contributed by atoms with Crippen molar-refractivity contribution in [3.8, 4) is 0 Å². The molecule has 0 saturated carbocycles. The van der Waals surface area contributed by atoms with Crippen molar-refractivity contribution >= 4 is 29.1 Å². The lowest BCUT2D eigenvalue weighted by atomic mass is 10.1. The number of carbonyl (C=O) groups excluding carboxylic acids is 3. The molecule has 8 nitrogen and oxygen atoms in total. The van der Waals surface area contributed by atoms with E-state index in [1.165, 1.54) is 18.2 Å². The fourth-order valence-corrected chi connectivity index (χ4v) is 2.76. The average Bonchev–Trinajstić information content (AvgIpc) is 2.87. The first-order valence-electron chi connectivity index (χ1n) is 7.97. The zero-order chi connectivity index (χ0) is 18.7. The number of carbonyl (C=O) groups is 3. The molecule has 0 bridgehead atoms. The van der Waals surface area contributed by atoms with Gasteiger partial charge in [0.05, 0.1) is 16.1 Å². The van der Waals surface area contributed by atoms with E-state index in [4.69, 9.17) is 0 Å². The predicted molar refractivity (Wildman–Crippen MR) is 92.8 cm³/mol. The molecule has 1 aliphatic rings. The Morgan fingerprint density at radius 3 is 2.31 bits per heavy atom. The Balaban J connectivity index is 1.53. The van der Waals surface area contributed by atoms with E-state index in [-0.39, 0.29) is 36.4 Å². The number of fused-ring (bicyclic) bond motifs is 1. The van der Waals surface area contributed by atoms with Crippen LogP contribution in [0.2, 0.25) is 0 Å². The lowest BCUT2D eigenvalue weighted by molar-refractivity contribution is -0.384. The van der Waals surface area contributed by atoms with Crippen molar-refractivity contribution < 1.29 is 19.3 Å². The van der Waals surface area contributed by atoms with Crippen molar-refractivity contribution in [2.24, 2.45) is 0 Å². The number of rotatable bonds is 6. The number of benzene rings is 2. The molecule has 0 atom stereocenters. The quantitative estimate of drug-likeness (QED) is 0.488. The highest BCUT2D eigenvalue weighted by molar-refractivity contribution is 6.21. The summed E-state index contributed by atoms with van der Waals surface area (Å²) in [6.07, 6.45) is 0.377. The van der Waals surface area contributed by atoms with Gasteiger partial charge in [-0.2, -0.15) is 0 Å². The van der Waals surface area contributed by atoms with E-state index in [9.17, 15) is 24.5 Å². The van der Waals surface area contributed by atoms with Crippen molar-refractivity contribution in [1.29, 1.82) is 0 Å². The number of imide groups is 1. The van der Waals surface area contributed by atoms with Crippen LogP contribution in [0.5, 0.6) is 0 Å². The summed E-state index contributed by atoms with van der Waals surface area (Å²) in [5, 5.41) is 13.3. The summed E-state index contributed by atoms with van der Waals surface area (Å²) in [6, 6.07) is 12.2. The molecule has 8 heteroatoms. The Bertz CT molecular complexity index is 874. The molecule has 2 aromatic carbocycles. The molecule has 0 aromatic heterocycles. The maximum Gasteiger partial charge on any atom is 0.271 e. The second-order valence-electron chi connectivity index (χ2n) is 5.77. The van der Waals surface area contributed by atoms with Crippen LogP contribution in [0.1, 0.15) is 33.6 Å². The maximum atomic E-state index is 12.2. The summed E-state index contributed by atoms with van der Waals surface area (Å²) >= 11 is 0. The number of non-ortho nitro benzene ring substituents is 1. The molecule has 1 N–H and O–H groups in total. The summed E-state index contributed by atoms with van der Waals surface area (Å²) < 4.78 is 0. The van der Waals surface area contributed by atoms with Crippen molar-refractivity contribution in [2.75, 3.05) is 11.9 Å². The zero-order valence-corrected chi connectivity index (χ0v) is 13.7. The lowest BCUT2D eigenvalue weighted by Crippen LogP contribution is -2.31. The Morgan fingerprint density at radius 2 is 1.69 bits per heavy atom. The SMILES string of the molecule is O=C(CCCN1C(=O)c2ccccc2C1=O)Nc1cccc([N+](=O)[O-])c1. The molecule has 0 fully saturated rings. The van der Waals surface area contributed by atoms with Gasteiger partial charge in [0, 0.05) is 30.8 Å². The summed E-state index contributed by atoms with van der Waals surface area (Å²) in [5.41, 5.74) is 0.954. The summed E-state index contributed by atoms with van der Waals surface area (Å²) in [5.74, 6) is -1.06. The van der Waals surface area contributed by atoms with E-state index in [1.54, 1.807) is 30.3 Å². The largest absolute Gasteiger partial charge is 0.326 e. The number of nitrogens with one attached hydrogen (secondary N) is 1. The third kappa shape index (κ3) is 3.44. The van der Waals surface area contributed by atoms with Gasteiger partial charge in [-0.25, -0.2) is 0 Å². The van der Waals surface area contributed by atoms with Gasteiger partial charge in [0.1, 0.15) is 0 Å². The molecule has 0 spiro atoms. The molecule has 0 unspecified atom stereocenters. The standard InChI is InChI=1S/C18H15N3O5/c22-16(19-12-5-3-6-13(11-12)21(25)26)9-4-10-20-17(23)14-7-1-2-8-15(14)18(20)24/h1-3,5-8,11H,4,9-10H2,(H,19,22). The van der Waals surface area contributed by atoms with Crippen molar-refractivity contribution in [3.63, 3.8) is 0 Å². The number of nitrogens with zero attached hydrogens (tertiary/aromatic N) is 2. The van der Waals surface area contributed by atoms with Crippen LogP contribution in [0, 0.1) is 10.1 Å². The molecule has 2 aromatic rings. The van der Waals surface area contributed by atoms with Gasteiger partial charge in [-0.05, 0) is 24.6 Å². The minimum atomic E-state index is -0.544. The molecular weight excluding hydrogens is 338 g/mol. The molecule has 3 amide bonds. The van der Waals surface area contributed by atoms with Crippen LogP contribution in [0.25, 0.3) is 0 Å². The van der Waals surface area contributed by atoms with Crippen LogP contribution in [0.4, 0.5) is 11.4 Å². The molecule has 0 saturated heterocycles. The summed E-state index contributed by atoms with van der Waals surface area (Å²) in [6.45, 7) is 0.134. The molecule has 1 heterocycles. The normalized spacial score (nSPS) is 12.8. The molecule has 3 rings (SSSR count). The van der Waals surface area contributed by atoms with Crippen LogP contribution in [0.3, 0.4) is 0 Å². The Labute approximate surface area is 148 Å². The molecule has 1 aliphatic heterocycles. The van der Waals surface area contributed by atoms with Crippen molar-refractivity contribution in [2.45, 2.75) is 12.8 Å². The Morgan fingerprint density at radius 1 is 1.04 bits per heavy atom. The number of nitro benzene ring substituents is 1. The van der Waals surface area contributed by atoms with Gasteiger partial charge in [0.15, 0.2) is 0 Å². The van der Waals surface area contributed by atoms with E-state index in [1.807, 2.05) is 0 Å². The van der Waals surface area contributed by atoms with Crippen LogP contribution in [-0.4, -0.2) is 34.1 Å². The third-order valence-corrected chi connectivity index (χ3v) is 4.00. The second-order valence-corrected chi connectivity index (χ2v) is 5.77. The second kappa shape index (κ2) is 7.14. The number of hydrogen-bond acceptors (Lipinski definition) is 5. The number of nitro groups is 1. The van der Waals surface area contributed by atoms with Gasteiger partial charge in [-0.3, -0.25) is 29.4 Å². The number of amides is 3. The number of hydrogen-bond donors (Lipinski definition) is 1. The van der Waals surface area contributed by atoms with Crippen LogP contribution in [0.15, 0.2) is 48.5 Å². The molecule has 0 radical (unpaired) electrons. The monoisotopic (exact) mass is 353 g/mol. The van der Waals surface area contributed by atoms with Gasteiger partial charge in [0.2, 0.25) is 5.91 Å². The first kappa shape index (κ1) is 17.3. The Kier molecular flexibility index (Phi) is 4.74. The van der Waals surface area contributed by atoms with Gasteiger partial charge in [-0.1, -0.05) is 18.2 Å². The minimum Gasteiger partial charge on any atom is -0.326 e. The smallest absolute Gasteiger partial charge is 0.271 e. The molecule has 0 aliphatic carbocycles. The topological polar surface area (TPSA) is 110 Å². The first-order chi connectivity index (χ1) is 12.5. The summed E-state index contributed by atoms with van der Waals surface area (Å²) in [7, 11) is 0. The molecular formula is C18H15N3O5. The van der Waals surface area contributed by atoms with Gasteiger partial charge in [0.25, 0.3) is 17.5 Å². The van der Waals surface area contributed by atoms with Crippen LogP contribution in [-0.2, 0) is 4.79 Å². The van der Waals surface area contributed by atoms with E-state index >= 15 is 0 Å². The molecule has 26 heavy (non-hydrogen) atoms. The zero-order valence-electron chi connectivity index (χ0n) is 13.7.